The average molecular weight is 340 g/mol. The molecule has 0 saturated heterocycles. The van der Waals surface area contributed by atoms with Crippen molar-refractivity contribution in [1.29, 1.82) is 0 Å². The van der Waals surface area contributed by atoms with Crippen molar-refractivity contribution >= 4 is 27.5 Å². The number of carbonyl (C=O) groups excluding carboxylic acids is 1. The van der Waals surface area contributed by atoms with Crippen LogP contribution in [0.25, 0.3) is 21.7 Å². The van der Waals surface area contributed by atoms with Crippen molar-refractivity contribution in [3.8, 4) is 11.5 Å². The summed E-state index contributed by atoms with van der Waals surface area (Å²) in [5, 5.41) is 2.04. The van der Waals surface area contributed by atoms with Gasteiger partial charge in [0, 0.05) is 22.3 Å². The number of benzene rings is 2. The molecule has 0 radical (unpaired) electrons. The SMILES string of the molecule is COc1ccc2c(c1)c(=O)oc1cc(OCC(=O)C(C)(C)C)ccc12. The maximum atomic E-state index is 12.3. The fourth-order valence-electron chi connectivity index (χ4n) is 2.47. The topological polar surface area (TPSA) is 65.7 Å². The Morgan fingerprint density at radius 3 is 2.36 bits per heavy atom. The van der Waals surface area contributed by atoms with E-state index in [1.165, 1.54) is 0 Å². The minimum absolute atomic E-state index is 0.000318. The zero-order valence-corrected chi connectivity index (χ0v) is 14.7. The summed E-state index contributed by atoms with van der Waals surface area (Å²) >= 11 is 0. The van der Waals surface area contributed by atoms with Crippen LogP contribution in [0.5, 0.6) is 11.5 Å². The Kier molecular flexibility index (Phi) is 4.25. The standard InChI is InChI=1S/C20H20O5/c1-20(2,3)18(21)11-24-13-6-8-15-14-7-5-12(23-4)9-16(14)19(22)25-17(15)10-13/h5-10H,11H2,1-4H3. The first-order valence-electron chi connectivity index (χ1n) is 8.00. The van der Waals surface area contributed by atoms with Gasteiger partial charge in [-0.3, -0.25) is 4.79 Å². The van der Waals surface area contributed by atoms with E-state index in [1.807, 2.05) is 32.9 Å². The Labute approximate surface area is 145 Å². The molecule has 130 valence electrons. The second-order valence-electron chi connectivity index (χ2n) is 6.92. The highest BCUT2D eigenvalue weighted by atomic mass is 16.5. The van der Waals surface area contributed by atoms with Crippen molar-refractivity contribution in [1.82, 2.24) is 0 Å². The van der Waals surface area contributed by atoms with Gasteiger partial charge in [-0.05, 0) is 30.3 Å². The highest BCUT2D eigenvalue weighted by Gasteiger charge is 2.21. The molecule has 0 aliphatic carbocycles. The summed E-state index contributed by atoms with van der Waals surface area (Å²) < 4.78 is 16.1. The monoisotopic (exact) mass is 340 g/mol. The van der Waals surface area contributed by atoms with Crippen molar-refractivity contribution in [2.75, 3.05) is 13.7 Å². The van der Waals surface area contributed by atoms with Gasteiger partial charge in [0.05, 0.1) is 12.5 Å². The lowest BCUT2D eigenvalue weighted by molar-refractivity contribution is -0.128. The van der Waals surface area contributed by atoms with Crippen molar-refractivity contribution < 1.29 is 18.7 Å². The van der Waals surface area contributed by atoms with Crippen molar-refractivity contribution in [3.05, 3.63) is 46.8 Å². The van der Waals surface area contributed by atoms with Crippen LogP contribution in [-0.2, 0) is 4.79 Å². The molecule has 5 heteroatoms. The van der Waals surface area contributed by atoms with E-state index in [0.29, 0.717) is 22.5 Å². The molecule has 0 atom stereocenters. The molecule has 0 aliphatic heterocycles. The van der Waals surface area contributed by atoms with Crippen LogP contribution in [0, 0.1) is 5.41 Å². The second-order valence-corrected chi connectivity index (χ2v) is 6.92. The van der Waals surface area contributed by atoms with E-state index < -0.39 is 11.0 Å². The van der Waals surface area contributed by atoms with Crippen LogP contribution in [0.2, 0.25) is 0 Å². The predicted molar refractivity (Wildman–Crippen MR) is 96.5 cm³/mol. The first-order valence-corrected chi connectivity index (χ1v) is 8.00. The van der Waals surface area contributed by atoms with Crippen molar-refractivity contribution in [3.63, 3.8) is 0 Å². The molecular weight excluding hydrogens is 320 g/mol. The molecule has 1 aromatic heterocycles. The van der Waals surface area contributed by atoms with E-state index in [0.717, 1.165) is 10.8 Å². The van der Waals surface area contributed by atoms with Gasteiger partial charge in [-0.25, -0.2) is 4.79 Å². The van der Waals surface area contributed by atoms with Crippen LogP contribution in [0.3, 0.4) is 0 Å². The minimum Gasteiger partial charge on any atom is -0.497 e. The molecule has 5 nitrogen and oxygen atoms in total. The molecular formula is C20H20O5. The van der Waals surface area contributed by atoms with Gasteiger partial charge in [0.25, 0.3) is 0 Å². The third-order valence-corrected chi connectivity index (χ3v) is 4.10. The fourth-order valence-corrected chi connectivity index (χ4v) is 2.47. The highest BCUT2D eigenvalue weighted by molar-refractivity contribution is 6.04. The summed E-state index contributed by atoms with van der Waals surface area (Å²) in [5.41, 5.74) is -0.480. The van der Waals surface area contributed by atoms with Crippen LogP contribution in [0.4, 0.5) is 0 Å². The van der Waals surface area contributed by atoms with Crippen LogP contribution in [0.1, 0.15) is 20.8 Å². The average Bonchev–Trinajstić information content (AvgIpc) is 2.58. The van der Waals surface area contributed by atoms with E-state index in [1.54, 1.807) is 31.4 Å². The minimum atomic E-state index is -0.460. The zero-order valence-electron chi connectivity index (χ0n) is 14.7. The zero-order chi connectivity index (χ0) is 18.2. The summed E-state index contributed by atoms with van der Waals surface area (Å²) in [6, 6.07) is 10.5. The summed E-state index contributed by atoms with van der Waals surface area (Å²) in [7, 11) is 1.55. The molecule has 3 rings (SSSR count). The first kappa shape index (κ1) is 17.0. The Hall–Kier alpha value is -2.82. The van der Waals surface area contributed by atoms with Gasteiger partial charge >= 0.3 is 5.63 Å². The summed E-state index contributed by atoms with van der Waals surface area (Å²) in [5.74, 6) is 1.08. The lowest BCUT2D eigenvalue weighted by Gasteiger charge is -2.16. The number of hydrogen-bond donors (Lipinski definition) is 0. The quantitative estimate of drug-likeness (QED) is 0.531. The molecule has 0 bridgehead atoms. The van der Waals surface area contributed by atoms with Gasteiger partial charge in [0.2, 0.25) is 0 Å². The Morgan fingerprint density at radius 1 is 1.00 bits per heavy atom. The molecule has 0 unspecified atom stereocenters. The lowest BCUT2D eigenvalue weighted by Crippen LogP contribution is -2.26. The van der Waals surface area contributed by atoms with Crippen molar-refractivity contribution in [2.24, 2.45) is 5.41 Å². The molecule has 0 fully saturated rings. The number of rotatable bonds is 4. The van der Waals surface area contributed by atoms with Gasteiger partial charge in [0.15, 0.2) is 5.78 Å². The van der Waals surface area contributed by atoms with Crippen molar-refractivity contribution in [2.45, 2.75) is 20.8 Å². The molecule has 0 N–H and O–H groups in total. The number of Topliss-reactive ketones (excluding diaryl/α,β-unsaturated/α-hetero) is 1. The van der Waals surface area contributed by atoms with Crippen LogP contribution >= 0.6 is 0 Å². The van der Waals surface area contributed by atoms with E-state index in [2.05, 4.69) is 0 Å². The Balaban J connectivity index is 2.00. The maximum Gasteiger partial charge on any atom is 0.344 e. The number of methoxy groups -OCH3 is 1. The fraction of sp³-hybridized carbons (Fsp3) is 0.300. The number of fused-ring (bicyclic) bond motifs is 3. The van der Waals surface area contributed by atoms with E-state index in [-0.39, 0.29) is 12.4 Å². The highest BCUT2D eigenvalue weighted by Crippen LogP contribution is 2.28. The van der Waals surface area contributed by atoms with Crippen LogP contribution in [0.15, 0.2) is 45.6 Å². The second kappa shape index (κ2) is 6.24. The maximum absolute atomic E-state index is 12.3. The molecule has 0 aliphatic rings. The van der Waals surface area contributed by atoms with Crippen LogP contribution in [-0.4, -0.2) is 19.5 Å². The van der Waals surface area contributed by atoms with E-state index in [9.17, 15) is 9.59 Å². The Bertz CT molecular complexity index is 1010. The Morgan fingerprint density at radius 2 is 1.68 bits per heavy atom. The molecule has 25 heavy (non-hydrogen) atoms. The lowest BCUT2D eigenvalue weighted by atomic mass is 9.91. The summed E-state index contributed by atoms with van der Waals surface area (Å²) in [4.78, 5) is 24.2. The number of carbonyl (C=O) groups is 1. The number of ether oxygens (including phenoxy) is 2. The van der Waals surface area contributed by atoms with Gasteiger partial charge in [-0.2, -0.15) is 0 Å². The molecule has 1 heterocycles. The van der Waals surface area contributed by atoms with E-state index in [4.69, 9.17) is 13.9 Å². The third-order valence-electron chi connectivity index (χ3n) is 4.10. The largest absolute Gasteiger partial charge is 0.497 e. The predicted octanol–water partition coefficient (Wildman–Crippen LogP) is 3.95. The van der Waals surface area contributed by atoms with Gasteiger partial charge in [-0.1, -0.05) is 20.8 Å². The molecule has 0 saturated carbocycles. The van der Waals surface area contributed by atoms with Gasteiger partial charge < -0.3 is 13.9 Å². The molecule has 0 spiro atoms. The molecule has 3 aromatic rings. The van der Waals surface area contributed by atoms with Gasteiger partial charge in [-0.15, -0.1) is 0 Å². The summed E-state index contributed by atoms with van der Waals surface area (Å²) in [6.45, 7) is 5.51. The van der Waals surface area contributed by atoms with Crippen LogP contribution < -0.4 is 15.1 Å². The number of ketones is 1. The smallest absolute Gasteiger partial charge is 0.344 e. The van der Waals surface area contributed by atoms with E-state index >= 15 is 0 Å². The summed E-state index contributed by atoms with van der Waals surface area (Å²) in [6.07, 6.45) is 0. The molecule has 2 aromatic carbocycles. The normalized spacial score (nSPS) is 11.7. The van der Waals surface area contributed by atoms with Gasteiger partial charge in [0.1, 0.15) is 23.7 Å². The number of hydrogen-bond acceptors (Lipinski definition) is 5. The molecule has 0 amide bonds. The third kappa shape index (κ3) is 3.36. The first-order chi connectivity index (χ1) is 11.8.